The van der Waals surface area contributed by atoms with Gasteiger partial charge in [-0.3, -0.25) is 4.79 Å². The first-order valence-corrected chi connectivity index (χ1v) is 7.53. The number of ether oxygens (including phenoxy) is 2. The molecule has 21 heavy (non-hydrogen) atoms. The molecule has 0 saturated carbocycles. The van der Waals surface area contributed by atoms with Crippen molar-refractivity contribution in [3.63, 3.8) is 0 Å². The first kappa shape index (κ1) is 17.6. The van der Waals surface area contributed by atoms with E-state index in [0.717, 1.165) is 6.42 Å². The maximum absolute atomic E-state index is 12.1. The smallest absolute Gasteiger partial charge is 0.251 e. The molecule has 2 N–H and O–H groups in total. The van der Waals surface area contributed by atoms with Crippen LogP contribution in [0.2, 0.25) is 5.02 Å². The third-order valence-corrected chi connectivity index (χ3v) is 2.96. The molecule has 0 aliphatic carbocycles. The predicted molar refractivity (Wildman–Crippen MR) is 84.7 cm³/mol. The Balaban J connectivity index is 2.94. The number of hydrogen-bond donors (Lipinski definition) is 2. The Hall–Kier alpha value is -1.46. The van der Waals surface area contributed by atoms with Crippen LogP contribution in [-0.2, 0) is 0 Å². The Morgan fingerprint density at radius 3 is 2.62 bits per heavy atom. The summed E-state index contributed by atoms with van der Waals surface area (Å²) in [5, 5.41) is 6.15. The zero-order valence-corrected chi connectivity index (χ0v) is 13.5. The summed E-state index contributed by atoms with van der Waals surface area (Å²) in [7, 11) is 1.83. The first-order valence-electron chi connectivity index (χ1n) is 7.15. The summed E-state index contributed by atoms with van der Waals surface area (Å²) in [6.07, 6.45) is 0.869. The summed E-state index contributed by atoms with van der Waals surface area (Å²) in [5.74, 6) is 0.805. The number of carbonyl (C=O) groups is 1. The van der Waals surface area contributed by atoms with Gasteiger partial charge in [-0.2, -0.15) is 0 Å². The van der Waals surface area contributed by atoms with Gasteiger partial charge in [-0.15, -0.1) is 0 Å². The van der Waals surface area contributed by atoms with Crippen LogP contribution in [0, 0.1) is 0 Å². The van der Waals surface area contributed by atoms with E-state index in [2.05, 4.69) is 10.6 Å². The molecule has 0 aromatic heterocycles. The largest absolute Gasteiger partial charge is 0.490 e. The second-order valence-electron chi connectivity index (χ2n) is 4.43. The Bertz CT molecular complexity index is 466. The fourth-order valence-corrected chi connectivity index (χ4v) is 1.97. The van der Waals surface area contributed by atoms with Gasteiger partial charge in [0.2, 0.25) is 0 Å². The predicted octanol–water partition coefficient (Wildman–Crippen LogP) is 2.48. The zero-order chi connectivity index (χ0) is 15.7. The molecule has 0 saturated heterocycles. The standard InChI is InChI=1S/C15H23ClN2O3/c1-4-8-21-14-12(16)9-11(10-13(14)20-5-2)15(19)18-7-6-17-3/h9-10,17H,4-8H2,1-3H3,(H,18,19). The summed E-state index contributed by atoms with van der Waals surface area (Å²) in [5.41, 5.74) is 0.461. The Morgan fingerprint density at radius 1 is 1.24 bits per heavy atom. The first-order chi connectivity index (χ1) is 10.1. The lowest BCUT2D eigenvalue weighted by molar-refractivity contribution is 0.0953. The van der Waals surface area contributed by atoms with Gasteiger partial charge in [0.05, 0.1) is 18.2 Å². The SMILES string of the molecule is CCCOc1c(Cl)cc(C(=O)NCCNC)cc1OCC. The van der Waals surface area contributed by atoms with Crippen LogP contribution in [0.25, 0.3) is 0 Å². The molecule has 1 aromatic rings. The van der Waals surface area contributed by atoms with E-state index in [4.69, 9.17) is 21.1 Å². The molecule has 0 fully saturated rings. The minimum Gasteiger partial charge on any atom is -0.490 e. The topological polar surface area (TPSA) is 59.6 Å². The number of rotatable bonds is 9. The summed E-state index contributed by atoms with van der Waals surface area (Å²) >= 11 is 6.21. The minimum absolute atomic E-state index is 0.185. The van der Waals surface area contributed by atoms with Crippen molar-refractivity contribution in [1.29, 1.82) is 0 Å². The Labute approximate surface area is 131 Å². The molecule has 0 aliphatic heterocycles. The number of nitrogens with one attached hydrogen (secondary N) is 2. The molecular formula is C15H23ClN2O3. The molecule has 1 amide bonds. The molecule has 5 nitrogen and oxygen atoms in total. The number of likely N-dealkylation sites (N-methyl/N-ethyl adjacent to an activating group) is 1. The summed E-state index contributed by atoms with van der Waals surface area (Å²) < 4.78 is 11.1. The lowest BCUT2D eigenvalue weighted by Gasteiger charge is -2.15. The highest BCUT2D eigenvalue weighted by atomic mass is 35.5. The number of carbonyl (C=O) groups excluding carboxylic acids is 1. The van der Waals surface area contributed by atoms with Crippen LogP contribution in [0.3, 0.4) is 0 Å². The Morgan fingerprint density at radius 2 is 2.00 bits per heavy atom. The highest BCUT2D eigenvalue weighted by molar-refractivity contribution is 6.32. The highest BCUT2D eigenvalue weighted by Gasteiger charge is 2.16. The average molecular weight is 315 g/mol. The third kappa shape index (κ3) is 5.44. The van der Waals surface area contributed by atoms with Crippen molar-refractivity contribution in [3.8, 4) is 11.5 Å². The molecule has 6 heteroatoms. The second kappa shape index (κ2) is 9.47. The normalized spacial score (nSPS) is 10.3. The van der Waals surface area contributed by atoms with Crippen LogP contribution >= 0.6 is 11.6 Å². The van der Waals surface area contributed by atoms with Crippen LogP contribution in [-0.4, -0.2) is 39.3 Å². The van der Waals surface area contributed by atoms with E-state index in [9.17, 15) is 4.79 Å². The van der Waals surface area contributed by atoms with Crippen molar-refractivity contribution in [1.82, 2.24) is 10.6 Å². The maximum atomic E-state index is 12.1. The van der Waals surface area contributed by atoms with E-state index >= 15 is 0 Å². The van der Waals surface area contributed by atoms with Gasteiger partial charge in [0.1, 0.15) is 0 Å². The fourth-order valence-electron chi connectivity index (χ4n) is 1.71. The van der Waals surface area contributed by atoms with E-state index in [0.29, 0.717) is 48.4 Å². The average Bonchev–Trinajstić information content (AvgIpc) is 2.46. The molecule has 0 bridgehead atoms. The molecule has 0 spiro atoms. The van der Waals surface area contributed by atoms with Gasteiger partial charge < -0.3 is 20.1 Å². The Kier molecular flexibility index (Phi) is 7.93. The van der Waals surface area contributed by atoms with Crippen molar-refractivity contribution in [2.75, 3.05) is 33.4 Å². The van der Waals surface area contributed by atoms with Gasteiger partial charge in [0.25, 0.3) is 5.91 Å². The molecule has 0 atom stereocenters. The quantitative estimate of drug-likeness (QED) is 0.688. The maximum Gasteiger partial charge on any atom is 0.251 e. The van der Waals surface area contributed by atoms with E-state index < -0.39 is 0 Å². The van der Waals surface area contributed by atoms with E-state index in [1.807, 2.05) is 20.9 Å². The van der Waals surface area contributed by atoms with Crippen LogP contribution in [0.1, 0.15) is 30.6 Å². The molecule has 0 aliphatic rings. The summed E-state index contributed by atoms with van der Waals surface area (Å²) in [6, 6.07) is 3.26. The fraction of sp³-hybridized carbons (Fsp3) is 0.533. The minimum atomic E-state index is -0.185. The lowest BCUT2D eigenvalue weighted by atomic mass is 10.2. The second-order valence-corrected chi connectivity index (χ2v) is 4.83. The monoisotopic (exact) mass is 314 g/mol. The molecule has 0 radical (unpaired) electrons. The molecule has 1 rings (SSSR count). The molecule has 1 aromatic carbocycles. The zero-order valence-electron chi connectivity index (χ0n) is 12.8. The van der Waals surface area contributed by atoms with E-state index in [1.165, 1.54) is 0 Å². The van der Waals surface area contributed by atoms with Crippen molar-refractivity contribution >= 4 is 17.5 Å². The van der Waals surface area contributed by atoms with Crippen molar-refractivity contribution < 1.29 is 14.3 Å². The van der Waals surface area contributed by atoms with Crippen molar-refractivity contribution in [2.45, 2.75) is 20.3 Å². The van der Waals surface area contributed by atoms with E-state index in [-0.39, 0.29) is 5.91 Å². The van der Waals surface area contributed by atoms with Gasteiger partial charge in [0, 0.05) is 18.7 Å². The van der Waals surface area contributed by atoms with Crippen molar-refractivity contribution in [2.24, 2.45) is 0 Å². The molecular weight excluding hydrogens is 292 g/mol. The van der Waals surface area contributed by atoms with Gasteiger partial charge in [0.15, 0.2) is 11.5 Å². The number of hydrogen-bond acceptors (Lipinski definition) is 4. The lowest BCUT2D eigenvalue weighted by Crippen LogP contribution is -2.30. The number of amides is 1. The highest BCUT2D eigenvalue weighted by Crippen LogP contribution is 2.36. The summed E-state index contributed by atoms with van der Waals surface area (Å²) in [6.45, 7) is 6.16. The van der Waals surface area contributed by atoms with Crippen LogP contribution in [0.15, 0.2) is 12.1 Å². The molecule has 0 unspecified atom stereocenters. The molecule has 118 valence electrons. The number of benzene rings is 1. The van der Waals surface area contributed by atoms with E-state index in [1.54, 1.807) is 12.1 Å². The van der Waals surface area contributed by atoms with Gasteiger partial charge in [-0.25, -0.2) is 0 Å². The van der Waals surface area contributed by atoms with Crippen LogP contribution < -0.4 is 20.1 Å². The van der Waals surface area contributed by atoms with Gasteiger partial charge in [-0.1, -0.05) is 18.5 Å². The molecule has 0 heterocycles. The number of halogens is 1. The summed E-state index contributed by atoms with van der Waals surface area (Å²) in [4.78, 5) is 12.1. The van der Waals surface area contributed by atoms with Crippen molar-refractivity contribution in [3.05, 3.63) is 22.7 Å². The van der Waals surface area contributed by atoms with Gasteiger partial charge in [-0.05, 0) is 32.5 Å². The van der Waals surface area contributed by atoms with Crippen LogP contribution in [0.5, 0.6) is 11.5 Å². The van der Waals surface area contributed by atoms with Crippen LogP contribution in [0.4, 0.5) is 0 Å². The third-order valence-electron chi connectivity index (χ3n) is 2.68. The van der Waals surface area contributed by atoms with Gasteiger partial charge >= 0.3 is 0 Å².